The fourth-order valence-corrected chi connectivity index (χ4v) is 3.20. The van der Waals surface area contributed by atoms with Crippen molar-refractivity contribution in [2.75, 3.05) is 25.6 Å². The van der Waals surface area contributed by atoms with Crippen LogP contribution in [0.3, 0.4) is 0 Å². The van der Waals surface area contributed by atoms with Gasteiger partial charge in [-0.25, -0.2) is 13.1 Å². The van der Waals surface area contributed by atoms with Crippen molar-refractivity contribution >= 4 is 33.4 Å². The summed E-state index contributed by atoms with van der Waals surface area (Å²) in [5, 5.41) is 5.18. The number of nitrogens with one attached hydrogen (secondary N) is 3. The first-order chi connectivity index (χ1) is 14.3. The van der Waals surface area contributed by atoms with Crippen LogP contribution in [0.15, 0.2) is 47.5 Å². The molecular weight excluding hydrogens is 412 g/mol. The van der Waals surface area contributed by atoms with Crippen LogP contribution < -0.4 is 15.4 Å². The molecule has 160 valence electrons. The number of carbonyl (C=O) groups is 3. The van der Waals surface area contributed by atoms with Gasteiger partial charge in [-0.3, -0.25) is 19.4 Å². The summed E-state index contributed by atoms with van der Waals surface area (Å²) >= 11 is 0. The minimum absolute atomic E-state index is 0.0288. The number of aromatic nitrogens is 1. The highest BCUT2D eigenvalue weighted by Gasteiger charge is 2.19. The van der Waals surface area contributed by atoms with Crippen LogP contribution in [0.2, 0.25) is 0 Å². The van der Waals surface area contributed by atoms with Gasteiger partial charge in [-0.1, -0.05) is 6.92 Å². The van der Waals surface area contributed by atoms with Crippen LogP contribution in [0.5, 0.6) is 0 Å². The first kappa shape index (κ1) is 23.0. The first-order valence-electron chi connectivity index (χ1n) is 8.97. The van der Waals surface area contributed by atoms with Crippen LogP contribution in [-0.4, -0.2) is 51.4 Å². The molecule has 10 nitrogen and oxygen atoms in total. The van der Waals surface area contributed by atoms with E-state index in [-0.39, 0.29) is 28.5 Å². The summed E-state index contributed by atoms with van der Waals surface area (Å²) in [6, 6.07) is 8.00. The molecule has 2 rings (SSSR count). The zero-order valence-corrected chi connectivity index (χ0v) is 17.3. The second-order valence-corrected chi connectivity index (χ2v) is 7.72. The Morgan fingerprint density at radius 2 is 1.73 bits per heavy atom. The maximum absolute atomic E-state index is 12.4. The monoisotopic (exact) mass is 434 g/mol. The Labute approximate surface area is 174 Å². The van der Waals surface area contributed by atoms with Crippen LogP contribution in [0.4, 0.5) is 5.69 Å². The van der Waals surface area contributed by atoms with E-state index in [4.69, 9.17) is 4.74 Å². The predicted octanol–water partition coefficient (Wildman–Crippen LogP) is 0.925. The summed E-state index contributed by atoms with van der Waals surface area (Å²) in [5.74, 6) is -1.54. The van der Waals surface area contributed by atoms with Gasteiger partial charge in [0, 0.05) is 32.0 Å². The molecule has 0 radical (unpaired) electrons. The number of methoxy groups -OCH3 is 1. The lowest BCUT2D eigenvalue weighted by Gasteiger charge is -2.09. The second kappa shape index (κ2) is 10.5. The van der Waals surface area contributed by atoms with Gasteiger partial charge in [0.2, 0.25) is 5.91 Å². The number of pyridine rings is 1. The Hall–Kier alpha value is -3.31. The van der Waals surface area contributed by atoms with E-state index >= 15 is 0 Å². The Bertz CT molecular complexity index is 1000. The number of hydrogen-bond donors (Lipinski definition) is 3. The van der Waals surface area contributed by atoms with Gasteiger partial charge in [0.15, 0.2) is 0 Å². The van der Waals surface area contributed by atoms with Crippen LogP contribution in [0.1, 0.15) is 34.2 Å². The van der Waals surface area contributed by atoms with E-state index in [0.29, 0.717) is 18.8 Å². The van der Waals surface area contributed by atoms with Crippen molar-refractivity contribution in [1.82, 2.24) is 15.0 Å². The average molecular weight is 434 g/mol. The van der Waals surface area contributed by atoms with Crippen LogP contribution in [-0.2, 0) is 19.6 Å². The normalized spacial score (nSPS) is 10.9. The highest BCUT2D eigenvalue weighted by molar-refractivity contribution is 7.90. The summed E-state index contributed by atoms with van der Waals surface area (Å²) in [6.45, 7) is 2.34. The molecule has 0 spiro atoms. The van der Waals surface area contributed by atoms with Gasteiger partial charge in [-0.2, -0.15) is 0 Å². The van der Waals surface area contributed by atoms with E-state index in [9.17, 15) is 22.8 Å². The molecule has 0 unspecified atom stereocenters. The molecule has 1 aromatic carbocycles. The van der Waals surface area contributed by atoms with Crippen molar-refractivity contribution < 1.29 is 27.5 Å². The molecule has 2 aromatic rings. The number of nitrogens with zero attached hydrogens (tertiary/aromatic N) is 1. The molecule has 0 aliphatic carbocycles. The molecule has 0 atom stereocenters. The Morgan fingerprint density at radius 3 is 2.30 bits per heavy atom. The number of rotatable bonds is 9. The van der Waals surface area contributed by atoms with Crippen molar-refractivity contribution in [2.24, 2.45) is 0 Å². The smallest absolute Gasteiger partial charge is 0.269 e. The van der Waals surface area contributed by atoms with E-state index in [1.165, 1.54) is 43.5 Å². The topological polar surface area (TPSA) is 144 Å². The summed E-state index contributed by atoms with van der Waals surface area (Å²) in [5.41, 5.74) is 0.491. The van der Waals surface area contributed by atoms with E-state index in [2.05, 4.69) is 15.6 Å². The van der Waals surface area contributed by atoms with Gasteiger partial charge in [0.1, 0.15) is 5.69 Å². The van der Waals surface area contributed by atoms with Crippen molar-refractivity contribution in [2.45, 2.75) is 18.2 Å². The molecule has 0 fully saturated rings. The standard InChI is InChI=1S/C19H22N4O6S/c1-3-17(24)22-14-5-7-15(8-6-14)30(27,28)23-18(25)13-4-9-16(21-12-13)19(26)20-10-11-29-2/h4-9,12H,3,10-11H2,1-2H3,(H,20,26)(H,22,24)(H,23,25). The van der Waals surface area contributed by atoms with Crippen LogP contribution >= 0.6 is 0 Å². The minimum Gasteiger partial charge on any atom is -0.383 e. The van der Waals surface area contributed by atoms with Crippen molar-refractivity contribution in [3.05, 3.63) is 53.9 Å². The Morgan fingerprint density at radius 1 is 1.03 bits per heavy atom. The third kappa shape index (κ3) is 6.36. The Balaban J connectivity index is 2.03. The lowest BCUT2D eigenvalue weighted by atomic mass is 10.2. The first-order valence-corrected chi connectivity index (χ1v) is 10.5. The third-order valence-corrected chi connectivity index (χ3v) is 5.19. The van der Waals surface area contributed by atoms with E-state index < -0.39 is 21.8 Å². The molecule has 0 saturated carbocycles. The van der Waals surface area contributed by atoms with Gasteiger partial charge in [-0.05, 0) is 36.4 Å². The third-order valence-electron chi connectivity index (χ3n) is 3.85. The molecule has 11 heteroatoms. The molecule has 1 heterocycles. The van der Waals surface area contributed by atoms with E-state index in [1.54, 1.807) is 6.92 Å². The minimum atomic E-state index is -4.13. The SMILES string of the molecule is CCC(=O)Nc1ccc(S(=O)(=O)NC(=O)c2ccc(C(=O)NCCOC)nc2)cc1. The number of carbonyl (C=O) groups excluding carboxylic acids is 3. The highest BCUT2D eigenvalue weighted by Crippen LogP contribution is 2.15. The fraction of sp³-hybridized carbons (Fsp3) is 0.263. The molecule has 0 bridgehead atoms. The van der Waals surface area contributed by atoms with E-state index in [0.717, 1.165) is 6.20 Å². The average Bonchev–Trinajstić information content (AvgIpc) is 2.74. The van der Waals surface area contributed by atoms with Gasteiger partial charge in [0.25, 0.3) is 21.8 Å². The largest absolute Gasteiger partial charge is 0.383 e. The predicted molar refractivity (Wildman–Crippen MR) is 108 cm³/mol. The van der Waals surface area contributed by atoms with Crippen molar-refractivity contribution in [1.29, 1.82) is 0 Å². The molecule has 30 heavy (non-hydrogen) atoms. The lowest BCUT2D eigenvalue weighted by molar-refractivity contribution is -0.115. The van der Waals surface area contributed by atoms with Crippen LogP contribution in [0, 0.1) is 0 Å². The van der Waals surface area contributed by atoms with Crippen molar-refractivity contribution in [3.8, 4) is 0 Å². The summed E-state index contributed by atoms with van der Waals surface area (Å²) in [6.07, 6.45) is 1.40. The molecule has 3 N–H and O–H groups in total. The number of benzene rings is 1. The number of ether oxygens (including phenoxy) is 1. The molecular formula is C19H22N4O6S. The fourth-order valence-electron chi connectivity index (χ4n) is 2.23. The summed E-state index contributed by atoms with van der Waals surface area (Å²) < 4.78 is 31.6. The second-order valence-electron chi connectivity index (χ2n) is 6.04. The molecule has 0 aliphatic rings. The van der Waals surface area contributed by atoms with Gasteiger partial charge in [-0.15, -0.1) is 0 Å². The highest BCUT2D eigenvalue weighted by atomic mass is 32.2. The number of anilines is 1. The number of hydrogen-bond acceptors (Lipinski definition) is 7. The summed E-state index contributed by atoms with van der Waals surface area (Å²) in [7, 11) is -2.63. The molecule has 0 saturated heterocycles. The number of sulfonamides is 1. The summed E-state index contributed by atoms with van der Waals surface area (Å²) in [4.78, 5) is 39.3. The molecule has 1 aromatic heterocycles. The Kier molecular flexibility index (Phi) is 8.01. The van der Waals surface area contributed by atoms with Gasteiger partial charge < -0.3 is 15.4 Å². The molecule has 0 aliphatic heterocycles. The quantitative estimate of drug-likeness (QED) is 0.498. The maximum atomic E-state index is 12.4. The number of amides is 3. The van der Waals surface area contributed by atoms with Gasteiger partial charge in [0.05, 0.1) is 17.1 Å². The molecule has 3 amide bonds. The lowest BCUT2D eigenvalue weighted by Crippen LogP contribution is -2.31. The van der Waals surface area contributed by atoms with Crippen molar-refractivity contribution in [3.63, 3.8) is 0 Å². The zero-order valence-electron chi connectivity index (χ0n) is 16.5. The zero-order chi connectivity index (χ0) is 22.1. The van der Waals surface area contributed by atoms with Gasteiger partial charge >= 0.3 is 0 Å². The van der Waals surface area contributed by atoms with Crippen LogP contribution in [0.25, 0.3) is 0 Å². The van der Waals surface area contributed by atoms with E-state index in [1.807, 2.05) is 4.72 Å². The maximum Gasteiger partial charge on any atom is 0.269 e.